The van der Waals surface area contributed by atoms with Gasteiger partial charge in [-0.25, -0.2) is 9.80 Å². The molecule has 0 fully saturated rings. The zero-order valence-electron chi connectivity index (χ0n) is 11.5. The smallest absolute Gasteiger partial charge is 0.422 e. The van der Waals surface area contributed by atoms with Gasteiger partial charge in [0.15, 0.2) is 0 Å². The summed E-state index contributed by atoms with van der Waals surface area (Å²) in [6, 6.07) is 6.25. The number of halogens is 1. The van der Waals surface area contributed by atoms with E-state index in [0.29, 0.717) is 6.54 Å². The Bertz CT molecular complexity index is 483. The first-order valence-electron chi connectivity index (χ1n) is 6.35. The number of benzene rings is 1. The molecular formula is C14H19BrN2O2. The molecule has 2 rings (SSSR count). The molecule has 0 aromatic heterocycles. The van der Waals surface area contributed by atoms with E-state index in [2.05, 4.69) is 33.5 Å². The molecule has 1 N–H and O–H groups in total. The molecule has 1 heterocycles. The summed E-state index contributed by atoms with van der Waals surface area (Å²) < 4.78 is 6.35. The van der Waals surface area contributed by atoms with Gasteiger partial charge < -0.3 is 4.74 Å². The van der Waals surface area contributed by atoms with Crippen LogP contribution in [0.4, 0.5) is 4.79 Å². The topological polar surface area (TPSA) is 41.6 Å². The molecule has 0 spiro atoms. The van der Waals surface area contributed by atoms with Gasteiger partial charge in [-0.1, -0.05) is 22.0 Å². The largest absolute Gasteiger partial charge is 0.443 e. The zero-order valence-corrected chi connectivity index (χ0v) is 13.1. The Morgan fingerprint density at radius 3 is 2.79 bits per heavy atom. The molecule has 1 aromatic rings. The number of fused-ring (bicyclic) bond motifs is 1. The van der Waals surface area contributed by atoms with Gasteiger partial charge in [0, 0.05) is 17.6 Å². The normalized spacial score (nSPS) is 15.8. The highest BCUT2D eigenvalue weighted by molar-refractivity contribution is 9.10. The number of hydrogen-bond donors (Lipinski definition) is 1. The molecule has 1 amide bonds. The molecule has 0 bridgehead atoms. The average molecular weight is 327 g/mol. The highest BCUT2D eigenvalue weighted by Gasteiger charge is 2.21. The number of nitrogens with zero attached hydrogens (tertiary/aromatic N) is 1. The molecule has 104 valence electrons. The SMILES string of the molecule is CC(C)(C)OC(=O)NN1CCc2cc(Br)ccc2C1. The molecular weight excluding hydrogens is 308 g/mol. The Morgan fingerprint density at radius 1 is 1.37 bits per heavy atom. The first-order chi connectivity index (χ1) is 8.83. The van der Waals surface area contributed by atoms with Crippen LogP contribution in [0.5, 0.6) is 0 Å². The van der Waals surface area contributed by atoms with E-state index in [1.165, 1.54) is 11.1 Å². The summed E-state index contributed by atoms with van der Waals surface area (Å²) in [4.78, 5) is 11.7. The summed E-state index contributed by atoms with van der Waals surface area (Å²) in [5, 5.41) is 1.89. The van der Waals surface area contributed by atoms with Crippen molar-refractivity contribution in [3.63, 3.8) is 0 Å². The van der Waals surface area contributed by atoms with Crippen molar-refractivity contribution >= 4 is 22.0 Å². The molecule has 0 saturated carbocycles. The first-order valence-corrected chi connectivity index (χ1v) is 7.15. The monoisotopic (exact) mass is 326 g/mol. The Kier molecular flexibility index (Phi) is 4.16. The van der Waals surface area contributed by atoms with Crippen LogP contribution in [0, 0.1) is 0 Å². The molecule has 1 aliphatic heterocycles. The van der Waals surface area contributed by atoms with Crippen LogP contribution in [0.15, 0.2) is 22.7 Å². The minimum atomic E-state index is -0.470. The highest BCUT2D eigenvalue weighted by atomic mass is 79.9. The minimum Gasteiger partial charge on any atom is -0.443 e. The van der Waals surface area contributed by atoms with E-state index in [1.807, 2.05) is 31.8 Å². The number of rotatable bonds is 1. The van der Waals surface area contributed by atoms with Gasteiger partial charge >= 0.3 is 6.09 Å². The second-order valence-corrected chi connectivity index (χ2v) is 6.61. The number of hydrazine groups is 1. The highest BCUT2D eigenvalue weighted by Crippen LogP contribution is 2.22. The van der Waals surface area contributed by atoms with Gasteiger partial charge in [-0.3, -0.25) is 5.43 Å². The standard InChI is InChI=1S/C14H19BrN2O2/c1-14(2,3)19-13(18)16-17-7-6-10-8-12(15)5-4-11(10)9-17/h4-5,8H,6-7,9H2,1-3H3,(H,16,18). The number of nitrogens with one attached hydrogen (secondary N) is 1. The number of amides is 1. The Balaban J connectivity index is 1.95. The van der Waals surface area contributed by atoms with Crippen molar-refractivity contribution in [2.45, 2.75) is 39.3 Å². The lowest BCUT2D eigenvalue weighted by Gasteiger charge is -2.30. The molecule has 1 aliphatic rings. The fourth-order valence-corrected chi connectivity index (χ4v) is 2.46. The Labute approximate surface area is 122 Å². The van der Waals surface area contributed by atoms with Crippen molar-refractivity contribution in [2.24, 2.45) is 0 Å². The Hall–Kier alpha value is -1.07. The van der Waals surface area contributed by atoms with Crippen LogP contribution in [0.3, 0.4) is 0 Å². The van der Waals surface area contributed by atoms with Gasteiger partial charge in [-0.15, -0.1) is 0 Å². The lowest BCUT2D eigenvalue weighted by atomic mass is 10.0. The van der Waals surface area contributed by atoms with Gasteiger partial charge in [-0.05, 0) is 50.5 Å². The van der Waals surface area contributed by atoms with Crippen molar-refractivity contribution < 1.29 is 9.53 Å². The molecule has 0 atom stereocenters. The summed E-state index contributed by atoms with van der Waals surface area (Å²) in [6.45, 7) is 7.07. The van der Waals surface area contributed by atoms with E-state index in [1.54, 1.807) is 0 Å². The summed E-state index contributed by atoms with van der Waals surface area (Å²) in [5.41, 5.74) is 4.89. The molecule has 0 aliphatic carbocycles. The molecule has 5 heteroatoms. The zero-order chi connectivity index (χ0) is 14.0. The molecule has 4 nitrogen and oxygen atoms in total. The lowest BCUT2D eigenvalue weighted by Crippen LogP contribution is -2.46. The van der Waals surface area contributed by atoms with Crippen molar-refractivity contribution in [1.29, 1.82) is 0 Å². The van der Waals surface area contributed by atoms with Gasteiger partial charge in [0.05, 0.1) is 0 Å². The van der Waals surface area contributed by atoms with Crippen molar-refractivity contribution in [3.05, 3.63) is 33.8 Å². The summed E-state index contributed by atoms with van der Waals surface area (Å²) in [6.07, 6.45) is 0.526. The maximum absolute atomic E-state index is 11.7. The van der Waals surface area contributed by atoms with Crippen LogP contribution in [-0.4, -0.2) is 23.2 Å². The van der Waals surface area contributed by atoms with Gasteiger partial charge in [-0.2, -0.15) is 0 Å². The predicted molar refractivity (Wildman–Crippen MR) is 77.6 cm³/mol. The molecule has 19 heavy (non-hydrogen) atoms. The van der Waals surface area contributed by atoms with Gasteiger partial charge in [0.25, 0.3) is 0 Å². The second kappa shape index (κ2) is 5.51. The van der Waals surface area contributed by atoms with Crippen LogP contribution < -0.4 is 5.43 Å². The minimum absolute atomic E-state index is 0.395. The second-order valence-electron chi connectivity index (χ2n) is 5.70. The van der Waals surface area contributed by atoms with Crippen LogP contribution >= 0.6 is 15.9 Å². The number of carbonyl (C=O) groups is 1. The van der Waals surface area contributed by atoms with Gasteiger partial charge in [0.2, 0.25) is 0 Å². The van der Waals surface area contributed by atoms with Crippen molar-refractivity contribution in [1.82, 2.24) is 10.4 Å². The van der Waals surface area contributed by atoms with Crippen LogP contribution in [-0.2, 0) is 17.7 Å². The van der Waals surface area contributed by atoms with Crippen LogP contribution in [0.25, 0.3) is 0 Å². The summed E-state index contributed by atoms with van der Waals surface area (Å²) in [5.74, 6) is 0. The molecule has 1 aromatic carbocycles. The lowest BCUT2D eigenvalue weighted by molar-refractivity contribution is 0.0306. The maximum atomic E-state index is 11.7. The van der Waals surface area contributed by atoms with Gasteiger partial charge in [0.1, 0.15) is 5.60 Å². The van der Waals surface area contributed by atoms with E-state index in [4.69, 9.17) is 4.74 Å². The molecule has 0 saturated heterocycles. The van der Waals surface area contributed by atoms with Crippen LogP contribution in [0.1, 0.15) is 31.9 Å². The number of hydrogen-bond acceptors (Lipinski definition) is 3. The third kappa shape index (κ3) is 4.21. The summed E-state index contributed by atoms with van der Waals surface area (Å²) >= 11 is 3.48. The fourth-order valence-electron chi connectivity index (χ4n) is 2.05. The first kappa shape index (κ1) is 14.3. The quantitative estimate of drug-likeness (QED) is 0.861. The molecule has 0 unspecified atom stereocenters. The third-order valence-electron chi connectivity index (χ3n) is 2.83. The van der Waals surface area contributed by atoms with Crippen molar-refractivity contribution in [2.75, 3.05) is 6.54 Å². The van der Waals surface area contributed by atoms with E-state index in [0.717, 1.165) is 17.4 Å². The van der Waals surface area contributed by atoms with Crippen molar-refractivity contribution in [3.8, 4) is 0 Å². The van der Waals surface area contributed by atoms with E-state index >= 15 is 0 Å². The van der Waals surface area contributed by atoms with E-state index in [-0.39, 0.29) is 0 Å². The number of ether oxygens (including phenoxy) is 1. The third-order valence-corrected chi connectivity index (χ3v) is 3.32. The van der Waals surface area contributed by atoms with E-state index < -0.39 is 11.7 Å². The van der Waals surface area contributed by atoms with E-state index in [9.17, 15) is 4.79 Å². The number of carbonyl (C=O) groups excluding carboxylic acids is 1. The average Bonchev–Trinajstić information content (AvgIpc) is 2.26. The fraction of sp³-hybridized carbons (Fsp3) is 0.500. The molecule has 0 radical (unpaired) electrons. The van der Waals surface area contributed by atoms with Crippen LogP contribution in [0.2, 0.25) is 0 Å². The maximum Gasteiger partial charge on any atom is 0.422 e. The summed E-state index contributed by atoms with van der Waals surface area (Å²) in [7, 11) is 0. The Morgan fingerprint density at radius 2 is 2.11 bits per heavy atom. The predicted octanol–water partition coefficient (Wildman–Crippen LogP) is 3.25.